The van der Waals surface area contributed by atoms with Crippen molar-refractivity contribution in [1.29, 1.82) is 0 Å². The van der Waals surface area contributed by atoms with E-state index in [2.05, 4.69) is 6.58 Å². The second kappa shape index (κ2) is 48.9. The number of nitrogens with zero attached hydrogens (tertiary/aromatic N) is 2. The van der Waals surface area contributed by atoms with E-state index in [0.717, 1.165) is 0 Å². The number of hydrogen-bond acceptors (Lipinski definition) is 32. The molecule has 4 aromatic carbocycles. The second-order valence-corrected chi connectivity index (χ2v) is 40.0. The summed E-state index contributed by atoms with van der Waals surface area (Å²) in [5.74, 6) is -10.4. The number of cyclic esters (lactones) is 2. The van der Waals surface area contributed by atoms with Crippen LogP contribution >= 0.6 is 0 Å². The van der Waals surface area contributed by atoms with Crippen LogP contribution in [-0.2, 0) is 94.9 Å². The van der Waals surface area contributed by atoms with Crippen LogP contribution in [0, 0.1) is 47.3 Å². The largest absolute Gasteiger partial charge is 0.459 e. The molecule has 0 radical (unpaired) electrons. The Morgan fingerprint density at radius 3 is 1.07 bits per heavy atom. The molecule has 0 aliphatic carbocycles. The van der Waals surface area contributed by atoms with E-state index in [4.69, 9.17) is 85.3 Å². The van der Waals surface area contributed by atoms with Crippen molar-refractivity contribution in [3.8, 4) is 0 Å². The lowest BCUT2D eigenvalue weighted by Gasteiger charge is -2.50. The van der Waals surface area contributed by atoms with Crippen molar-refractivity contribution in [3.63, 3.8) is 0 Å². The highest BCUT2D eigenvalue weighted by atomic mass is 16.7. The van der Waals surface area contributed by atoms with Crippen LogP contribution in [0.2, 0.25) is 0 Å². The predicted molar refractivity (Wildman–Crippen MR) is 503 cm³/mol. The number of carbonyl (C=O) groups is 6. The molecular formula is C104H156N2O30. The van der Waals surface area contributed by atoms with Crippen molar-refractivity contribution in [3.05, 3.63) is 156 Å². The normalized spacial score (nSPS) is 39.9. The summed E-state index contributed by atoms with van der Waals surface area (Å²) in [6.07, 6.45) is -20.5. The van der Waals surface area contributed by atoms with Gasteiger partial charge in [0, 0.05) is 65.0 Å². The lowest BCUT2D eigenvalue weighted by molar-refractivity contribution is -0.319. The van der Waals surface area contributed by atoms with Gasteiger partial charge < -0.3 is 126 Å². The zero-order valence-electron chi connectivity index (χ0n) is 84.5. The quantitative estimate of drug-likeness (QED) is 0.0204. The van der Waals surface area contributed by atoms with Gasteiger partial charge in [-0.15, -0.1) is 0 Å². The first kappa shape index (κ1) is 112. The SMILES string of the molecule is C=C1[C@@H](CC)OC(=O)[C@H](C)[C@@H](OC2C[C@@](C)(OC)[C@@H](OC(=O)c3ccccc3)[C@H](C)O2)[C@H](C)[C@@H](OC2O[C@H](C)C[C@H](N(C)C)[C@H]2OC(=O)c2ccccc2)[C@@](C)(OC)C[C@@H](C)[C@H](O)[C@H](C)[C@H]1O.CC[C@H]1OC(=O)[C@H](C)[C@@H](OC2C[C@@](C)(OC)[C@@H](OC(=O)c3ccccc3)[C@H](C)O2)[C@H](C)[C@@H](OC2O[C@H](C)C[C@H](N(C)C)[C@H]2OC(=O)c2ccccc2)[C@@](C)(OC)C[C@@H](C)[C@H](O)[C@H](C)[C@@H](O)[C@@]1(O)CO. The van der Waals surface area contributed by atoms with Gasteiger partial charge in [0.25, 0.3) is 0 Å². The molecule has 4 aromatic rings. The van der Waals surface area contributed by atoms with Crippen molar-refractivity contribution in [1.82, 2.24) is 9.80 Å². The van der Waals surface area contributed by atoms with Crippen LogP contribution in [0.5, 0.6) is 0 Å². The Hall–Kier alpha value is -7.36. The molecule has 32 nitrogen and oxygen atoms in total. The van der Waals surface area contributed by atoms with Gasteiger partial charge in [0.15, 0.2) is 55.2 Å². The predicted octanol–water partition coefficient (Wildman–Crippen LogP) is 11.7. The molecule has 6 fully saturated rings. The van der Waals surface area contributed by atoms with Crippen molar-refractivity contribution >= 4 is 35.8 Å². The first-order valence-corrected chi connectivity index (χ1v) is 48.0. The van der Waals surface area contributed by atoms with E-state index in [0.29, 0.717) is 41.5 Å². The van der Waals surface area contributed by atoms with E-state index in [1.165, 1.54) is 21.3 Å². The molecule has 136 heavy (non-hydrogen) atoms. The molecule has 0 saturated carbocycles. The maximum Gasteiger partial charge on any atom is 0.338 e. The maximum atomic E-state index is 14.7. The number of hydrogen-bond donors (Lipinski definition) is 6. The van der Waals surface area contributed by atoms with Gasteiger partial charge in [0.05, 0.1) is 137 Å². The molecule has 6 aliphatic heterocycles. The first-order valence-electron chi connectivity index (χ1n) is 48.0. The van der Waals surface area contributed by atoms with Gasteiger partial charge >= 0.3 is 35.8 Å². The summed E-state index contributed by atoms with van der Waals surface area (Å²) < 4.78 is 117. The van der Waals surface area contributed by atoms with Crippen LogP contribution < -0.4 is 0 Å². The van der Waals surface area contributed by atoms with Gasteiger partial charge in [-0.2, -0.15) is 0 Å². The molecule has 4 unspecified atom stereocenters. The van der Waals surface area contributed by atoms with E-state index in [1.54, 1.807) is 186 Å². The standard InChI is InChI=1S/C52H79NO16.C52H77NO14/c1-14-38-52(60,28-54)43(56)31(4)40(55)29(2)26-50(8,61-12)44(69-49-42(37(53(10)11)25-30(3)63-49)67-47(58)35-21-17-15-18-22-35)32(5)41(33(6)46(57)65-38)66-39-27-51(9,62-13)45(34(7)64-39)68-48(59)36-23-19-16-20-24-36;1-15-39-31(4)42(55)32(5)41(54)29(2)27-51(9,59-13)45(67-50-44(38(53(11)12)26-30(3)61-50)65-48(57)36-22-18-16-19-23-36)33(6)43(34(7)47(56)63-39)64-40-28-52(10,60-14)46(35(8)62-40)66-49(58)37-24-20-17-21-25-37/h15-24,29-34,37-45,49,54-56,60H,14,25-28H2,1-13H3;16-25,29-30,32-35,38-46,50,54-55H,4,15,26-28H2,1-3,5-14H3/t29-,30-,31+,32+,33-,34+,37+,38-,39?,40+,41+,42-,43-,44-,45+,49?,50+,51-,52-;29-,30-,32+,33+,34-,35+,38+,39-,40?,41+,42+,43+,44-,45-,46+,50?,51+,52-/m11/s1. The number of esters is 6. The number of methoxy groups -OCH3 is 4. The number of aliphatic hydroxyl groups excluding tert-OH is 5. The number of ether oxygens (including phenoxy) is 18. The fourth-order valence-corrected chi connectivity index (χ4v) is 20.9. The molecule has 0 bridgehead atoms. The molecular weight excluding hydrogens is 1760 g/mol. The lowest BCUT2D eigenvalue weighted by atomic mass is 9.73. The maximum absolute atomic E-state index is 14.7. The average molecular weight is 1910 g/mol. The third-order valence-corrected chi connectivity index (χ3v) is 29.5. The van der Waals surface area contributed by atoms with Crippen LogP contribution in [0.15, 0.2) is 133 Å². The summed E-state index contributed by atoms with van der Waals surface area (Å²) in [6, 6.07) is 33.8. The molecule has 0 amide bonds. The van der Waals surface area contributed by atoms with Crippen molar-refractivity contribution < 1.29 is 145 Å². The minimum Gasteiger partial charge on any atom is -0.459 e. The van der Waals surface area contributed by atoms with Crippen LogP contribution in [0.3, 0.4) is 0 Å². The Balaban J connectivity index is 0.000000305. The van der Waals surface area contributed by atoms with Gasteiger partial charge in [-0.05, 0) is 202 Å². The molecule has 32 heteroatoms. The molecule has 6 saturated heterocycles. The lowest BCUT2D eigenvalue weighted by Crippen LogP contribution is -2.63. The fourth-order valence-electron chi connectivity index (χ4n) is 20.9. The molecule has 6 heterocycles. The van der Waals surface area contributed by atoms with Gasteiger partial charge in [-0.25, -0.2) is 19.2 Å². The minimum absolute atomic E-state index is 0.00855. The zero-order chi connectivity index (χ0) is 101. The summed E-state index contributed by atoms with van der Waals surface area (Å²) in [6.45, 7) is 35.2. The number of likely N-dealkylation sites (N-methyl/N-ethyl adjacent to an activating group) is 2. The molecule has 37 atom stereocenters. The van der Waals surface area contributed by atoms with E-state index < -0.39 is 241 Å². The summed E-state index contributed by atoms with van der Waals surface area (Å²) in [5.41, 5.74) is -5.56. The van der Waals surface area contributed by atoms with Crippen LogP contribution in [0.25, 0.3) is 0 Å². The minimum atomic E-state index is -2.37. The highest BCUT2D eigenvalue weighted by Gasteiger charge is 2.60. The smallest absolute Gasteiger partial charge is 0.338 e. The summed E-state index contributed by atoms with van der Waals surface area (Å²) >= 11 is 0. The van der Waals surface area contributed by atoms with Gasteiger partial charge in [-0.1, -0.05) is 135 Å². The molecule has 6 aliphatic rings. The summed E-state index contributed by atoms with van der Waals surface area (Å²) in [7, 11) is 13.7. The fraction of sp³-hybridized carbons (Fsp3) is 0.692. The number of aliphatic hydroxyl groups is 6. The number of benzene rings is 4. The van der Waals surface area contributed by atoms with E-state index in [9.17, 15) is 59.4 Å². The zero-order valence-corrected chi connectivity index (χ0v) is 84.5. The van der Waals surface area contributed by atoms with Gasteiger partial charge in [0.1, 0.15) is 23.4 Å². The number of carbonyl (C=O) groups excluding carboxylic acids is 6. The van der Waals surface area contributed by atoms with Crippen molar-refractivity contribution in [2.45, 2.75) is 351 Å². The first-order chi connectivity index (χ1) is 64.1. The molecule has 0 aromatic heterocycles. The molecule has 6 N–H and O–H groups in total. The van der Waals surface area contributed by atoms with Gasteiger partial charge in [-0.3, -0.25) is 9.59 Å². The molecule has 0 spiro atoms. The Kier molecular flexibility index (Phi) is 40.3. The molecule has 762 valence electrons. The van der Waals surface area contributed by atoms with E-state index in [-0.39, 0.29) is 62.0 Å². The highest BCUT2D eigenvalue weighted by Crippen LogP contribution is 2.48. The van der Waals surface area contributed by atoms with Crippen LogP contribution in [-0.4, -0.2) is 315 Å². The van der Waals surface area contributed by atoms with Gasteiger partial charge in [0.2, 0.25) is 0 Å². The Morgan fingerprint density at radius 2 is 0.750 bits per heavy atom. The average Bonchev–Trinajstić information content (AvgIpc) is 0.767. The second-order valence-electron chi connectivity index (χ2n) is 40.0. The van der Waals surface area contributed by atoms with Crippen LogP contribution in [0.4, 0.5) is 0 Å². The highest BCUT2D eigenvalue weighted by molar-refractivity contribution is 5.91. The van der Waals surface area contributed by atoms with Crippen LogP contribution in [0.1, 0.15) is 217 Å². The summed E-state index contributed by atoms with van der Waals surface area (Å²) in [4.78, 5) is 87.7. The third-order valence-electron chi connectivity index (χ3n) is 29.5. The topological polar surface area (TPSA) is 396 Å². The Labute approximate surface area is 803 Å². The summed E-state index contributed by atoms with van der Waals surface area (Å²) in [5, 5.41) is 69.9. The third kappa shape index (κ3) is 26.3. The van der Waals surface area contributed by atoms with Crippen molar-refractivity contribution in [2.75, 3.05) is 63.2 Å². The van der Waals surface area contributed by atoms with E-state index >= 15 is 0 Å². The monoisotopic (exact) mass is 1910 g/mol. The molecule has 10 rings (SSSR count). The Bertz CT molecular complexity index is 4450. The number of rotatable bonds is 25. The van der Waals surface area contributed by atoms with E-state index in [1.807, 2.05) is 106 Å². The Morgan fingerprint density at radius 1 is 0.426 bits per heavy atom. The van der Waals surface area contributed by atoms with Crippen molar-refractivity contribution in [2.24, 2.45) is 47.3 Å².